The van der Waals surface area contributed by atoms with E-state index in [1.54, 1.807) is 23.9 Å². The first-order valence-corrected chi connectivity index (χ1v) is 12.7. The molecule has 8 heteroatoms. The average molecular weight is 434 g/mol. The molecule has 2 fully saturated rings. The number of benzene rings is 2. The highest BCUT2D eigenvalue weighted by Crippen LogP contribution is 2.29. The van der Waals surface area contributed by atoms with Gasteiger partial charge < -0.3 is 10.6 Å². The lowest BCUT2D eigenvalue weighted by Gasteiger charge is -2.33. The van der Waals surface area contributed by atoms with Crippen molar-refractivity contribution in [3.05, 3.63) is 42.5 Å². The van der Waals surface area contributed by atoms with Crippen LogP contribution in [0.4, 0.5) is 0 Å². The van der Waals surface area contributed by atoms with E-state index in [1.807, 2.05) is 35.2 Å². The van der Waals surface area contributed by atoms with Gasteiger partial charge in [-0.2, -0.15) is 0 Å². The lowest BCUT2D eigenvalue weighted by atomic mass is 9.81. The second kappa shape index (κ2) is 8.63. The molecule has 1 unspecified atom stereocenters. The van der Waals surface area contributed by atoms with Gasteiger partial charge in [-0.3, -0.25) is 4.79 Å². The molecule has 6 nitrogen and oxygen atoms in total. The van der Waals surface area contributed by atoms with Gasteiger partial charge in [-0.25, -0.2) is 13.1 Å². The van der Waals surface area contributed by atoms with Crippen LogP contribution >= 0.6 is 11.8 Å². The van der Waals surface area contributed by atoms with Crippen LogP contribution in [0.1, 0.15) is 25.7 Å². The second-order valence-corrected chi connectivity index (χ2v) is 10.7. The zero-order valence-corrected chi connectivity index (χ0v) is 17.9. The number of nitrogens with one attached hydrogen (secondary N) is 1. The predicted molar refractivity (Wildman–Crippen MR) is 117 cm³/mol. The fraction of sp³-hybridized carbons (Fsp3) is 0.476. The van der Waals surface area contributed by atoms with E-state index in [0.29, 0.717) is 12.8 Å². The van der Waals surface area contributed by atoms with Gasteiger partial charge in [0.15, 0.2) is 0 Å². The molecule has 1 atom stereocenters. The monoisotopic (exact) mass is 433 g/mol. The minimum Gasteiger partial charge on any atom is -0.331 e. The highest BCUT2D eigenvalue weighted by Gasteiger charge is 2.34. The molecule has 1 amide bonds. The van der Waals surface area contributed by atoms with E-state index in [0.717, 1.165) is 41.8 Å². The molecule has 1 aliphatic heterocycles. The highest BCUT2D eigenvalue weighted by molar-refractivity contribution is 7.99. The molecule has 0 aromatic heterocycles. The number of fused-ring (bicyclic) bond motifs is 1. The van der Waals surface area contributed by atoms with Crippen LogP contribution in [0.2, 0.25) is 0 Å². The quantitative estimate of drug-likeness (QED) is 0.756. The molecule has 2 aliphatic rings. The average Bonchev–Trinajstić information content (AvgIpc) is 3.27. The van der Waals surface area contributed by atoms with Crippen LogP contribution in [0.15, 0.2) is 47.4 Å². The van der Waals surface area contributed by atoms with Gasteiger partial charge in [0.2, 0.25) is 15.9 Å². The third-order valence-electron chi connectivity index (χ3n) is 5.98. The molecule has 2 aromatic carbocycles. The number of nitrogens with zero attached hydrogens (tertiary/aromatic N) is 1. The number of thioether (sulfide) groups is 1. The zero-order valence-electron chi connectivity index (χ0n) is 16.3. The molecule has 2 aromatic rings. The van der Waals surface area contributed by atoms with E-state index in [-0.39, 0.29) is 22.8 Å². The maximum atomic E-state index is 12.8. The lowest BCUT2D eigenvalue weighted by molar-refractivity contribution is -0.132. The van der Waals surface area contributed by atoms with Gasteiger partial charge in [-0.15, -0.1) is 11.8 Å². The minimum atomic E-state index is -3.58. The number of rotatable bonds is 5. The van der Waals surface area contributed by atoms with Crippen molar-refractivity contribution < 1.29 is 13.2 Å². The van der Waals surface area contributed by atoms with Crippen LogP contribution in [-0.2, 0) is 14.8 Å². The number of amides is 1. The summed E-state index contributed by atoms with van der Waals surface area (Å²) in [6.45, 7) is 0.776. The first kappa shape index (κ1) is 20.7. The van der Waals surface area contributed by atoms with Gasteiger partial charge in [0.25, 0.3) is 0 Å². The smallest absolute Gasteiger partial charge is 0.240 e. The van der Waals surface area contributed by atoms with Crippen LogP contribution in [-0.4, -0.2) is 49.5 Å². The zero-order chi connectivity index (χ0) is 20.4. The number of hydrogen-bond acceptors (Lipinski definition) is 5. The molecule has 1 saturated carbocycles. The third-order valence-corrected chi connectivity index (χ3v) is 8.47. The number of hydrogen-bond donors (Lipinski definition) is 2. The van der Waals surface area contributed by atoms with E-state index >= 15 is 0 Å². The number of sulfonamides is 1. The molecule has 0 bridgehead atoms. The SMILES string of the molecule is NC(C(=O)N1CCSC1)C1CCC(NS(=O)(=O)c2ccc3ccccc3c2)CC1. The molecule has 156 valence electrons. The summed E-state index contributed by atoms with van der Waals surface area (Å²) in [7, 11) is -3.58. The summed E-state index contributed by atoms with van der Waals surface area (Å²) in [5.41, 5.74) is 6.25. The Bertz CT molecular complexity index is 982. The van der Waals surface area contributed by atoms with Gasteiger partial charge in [-0.05, 0) is 54.5 Å². The van der Waals surface area contributed by atoms with Crippen LogP contribution in [0.5, 0.6) is 0 Å². The Labute approximate surface area is 176 Å². The summed E-state index contributed by atoms with van der Waals surface area (Å²) in [6, 6.07) is 12.3. The van der Waals surface area contributed by atoms with Crippen molar-refractivity contribution in [2.75, 3.05) is 18.2 Å². The van der Waals surface area contributed by atoms with Gasteiger partial charge in [0.1, 0.15) is 0 Å². The normalized spacial score (nSPS) is 24.0. The maximum absolute atomic E-state index is 12.8. The van der Waals surface area contributed by atoms with Gasteiger partial charge in [0.05, 0.1) is 16.8 Å². The van der Waals surface area contributed by atoms with Crippen molar-refractivity contribution in [3.63, 3.8) is 0 Å². The number of carbonyl (C=O) groups excluding carboxylic acids is 1. The van der Waals surface area contributed by atoms with E-state index in [2.05, 4.69) is 4.72 Å². The standard InChI is InChI=1S/C21H27N3O3S2/c22-20(21(25)24-11-12-28-14-24)16-5-8-18(9-6-16)23-29(26,27)19-10-7-15-3-1-2-4-17(15)13-19/h1-4,7,10,13,16,18,20,23H,5-6,8-9,11-12,14,22H2. The second-order valence-electron chi connectivity index (χ2n) is 7.91. The molecule has 3 N–H and O–H groups in total. The van der Waals surface area contributed by atoms with Crippen molar-refractivity contribution >= 4 is 38.5 Å². The Morgan fingerprint density at radius 3 is 2.52 bits per heavy atom. The van der Waals surface area contributed by atoms with Gasteiger partial charge in [-0.1, -0.05) is 30.3 Å². The molecule has 1 heterocycles. The molecule has 4 rings (SSSR count). The van der Waals surface area contributed by atoms with Crippen molar-refractivity contribution in [3.8, 4) is 0 Å². The van der Waals surface area contributed by atoms with Crippen LogP contribution in [0.25, 0.3) is 10.8 Å². The molecular formula is C21H27N3O3S2. The Kier molecular flexibility index (Phi) is 6.15. The highest BCUT2D eigenvalue weighted by atomic mass is 32.2. The maximum Gasteiger partial charge on any atom is 0.240 e. The van der Waals surface area contributed by atoms with Crippen molar-refractivity contribution in [2.24, 2.45) is 11.7 Å². The lowest BCUT2D eigenvalue weighted by Crippen LogP contribution is -2.49. The predicted octanol–water partition coefficient (Wildman–Crippen LogP) is 2.54. The summed E-state index contributed by atoms with van der Waals surface area (Å²) in [5.74, 6) is 1.86. The molecule has 0 radical (unpaired) electrons. The van der Waals surface area contributed by atoms with Crippen LogP contribution in [0.3, 0.4) is 0 Å². The third kappa shape index (κ3) is 4.60. The van der Waals surface area contributed by atoms with E-state index in [9.17, 15) is 13.2 Å². The molecular weight excluding hydrogens is 406 g/mol. The van der Waals surface area contributed by atoms with Crippen LogP contribution in [0, 0.1) is 5.92 Å². The Balaban J connectivity index is 1.36. The first-order valence-electron chi connectivity index (χ1n) is 10.1. The summed E-state index contributed by atoms with van der Waals surface area (Å²) < 4.78 is 28.5. The molecule has 1 aliphatic carbocycles. The van der Waals surface area contributed by atoms with E-state index in [1.165, 1.54) is 0 Å². The largest absolute Gasteiger partial charge is 0.331 e. The molecule has 0 spiro atoms. The van der Waals surface area contributed by atoms with Crippen LogP contribution < -0.4 is 10.5 Å². The summed E-state index contributed by atoms with van der Waals surface area (Å²) in [6.07, 6.45) is 2.93. The number of carbonyl (C=O) groups is 1. The molecule has 29 heavy (non-hydrogen) atoms. The Hall–Kier alpha value is -1.61. The Morgan fingerprint density at radius 2 is 1.83 bits per heavy atom. The van der Waals surface area contributed by atoms with Crippen molar-refractivity contribution in [2.45, 2.75) is 42.7 Å². The minimum absolute atomic E-state index is 0.0372. The van der Waals surface area contributed by atoms with E-state index < -0.39 is 16.1 Å². The van der Waals surface area contributed by atoms with Crippen molar-refractivity contribution in [1.82, 2.24) is 9.62 Å². The van der Waals surface area contributed by atoms with Gasteiger partial charge >= 0.3 is 0 Å². The van der Waals surface area contributed by atoms with E-state index in [4.69, 9.17) is 5.73 Å². The van der Waals surface area contributed by atoms with Gasteiger partial charge in [0, 0.05) is 18.3 Å². The summed E-state index contributed by atoms with van der Waals surface area (Å²) in [5, 5.41) is 1.92. The van der Waals surface area contributed by atoms with Crippen molar-refractivity contribution in [1.29, 1.82) is 0 Å². The fourth-order valence-corrected chi connectivity index (χ4v) is 6.51. The summed E-state index contributed by atoms with van der Waals surface area (Å²) in [4.78, 5) is 14.6. The Morgan fingerprint density at radius 1 is 1.10 bits per heavy atom. The number of nitrogens with two attached hydrogens (primary N) is 1. The first-order chi connectivity index (χ1) is 13.9. The topological polar surface area (TPSA) is 92.5 Å². The fourth-order valence-electron chi connectivity index (χ4n) is 4.22. The molecule has 1 saturated heterocycles. The summed E-state index contributed by atoms with van der Waals surface area (Å²) >= 11 is 1.75.